The fraction of sp³-hybridized carbons (Fsp3) is 0.538. The highest BCUT2D eigenvalue weighted by Gasteiger charge is 2.10. The predicted octanol–water partition coefficient (Wildman–Crippen LogP) is 3.06. The van der Waals surface area contributed by atoms with Crippen LogP contribution in [0.25, 0.3) is 0 Å². The molecule has 0 aliphatic rings. The smallest absolute Gasteiger partial charge is 0.119 e. The van der Waals surface area contributed by atoms with Gasteiger partial charge in [0.25, 0.3) is 0 Å². The fourth-order valence-corrected chi connectivity index (χ4v) is 1.89. The first-order chi connectivity index (χ1) is 7.22. The van der Waals surface area contributed by atoms with Crippen molar-refractivity contribution in [3.8, 4) is 5.75 Å². The molecule has 1 aromatic carbocycles. The molecule has 0 fully saturated rings. The highest BCUT2D eigenvalue weighted by Crippen LogP contribution is 2.24. The first kappa shape index (κ1) is 12.1. The summed E-state index contributed by atoms with van der Waals surface area (Å²) in [4.78, 5) is 0. The van der Waals surface area contributed by atoms with Gasteiger partial charge in [0.1, 0.15) is 5.75 Å². The van der Waals surface area contributed by atoms with Crippen LogP contribution in [-0.2, 0) is 0 Å². The van der Waals surface area contributed by atoms with E-state index in [4.69, 9.17) is 4.74 Å². The van der Waals surface area contributed by atoms with Gasteiger partial charge >= 0.3 is 0 Å². The number of benzene rings is 1. The fourth-order valence-electron chi connectivity index (χ4n) is 1.89. The molecule has 0 amide bonds. The average Bonchev–Trinajstić information content (AvgIpc) is 2.26. The maximum absolute atomic E-state index is 5.20. The van der Waals surface area contributed by atoms with Crippen molar-refractivity contribution in [1.29, 1.82) is 0 Å². The second kappa shape index (κ2) is 5.76. The molecule has 0 saturated carbocycles. The van der Waals surface area contributed by atoms with Gasteiger partial charge in [0.15, 0.2) is 0 Å². The number of aryl methyl sites for hydroxylation is 1. The molecule has 1 aromatic rings. The molecule has 0 spiro atoms. The average molecular weight is 207 g/mol. The van der Waals surface area contributed by atoms with Crippen LogP contribution in [0.1, 0.15) is 37.4 Å². The minimum absolute atomic E-state index is 0.459. The summed E-state index contributed by atoms with van der Waals surface area (Å²) in [6.45, 7) is 7.49. The van der Waals surface area contributed by atoms with Crippen molar-refractivity contribution >= 4 is 0 Å². The standard InChI is InChI=1S/C13H21NO/c1-5-13(14-6-2)12-8-7-11(15-4)9-10(12)3/h7-9,13-14H,5-6H2,1-4H3. The van der Waals surface area contributed by atoms with E-state index in [1.54, 1.807) is 7.11 Å². The van der Waals surface area contributed by atoms with Crippen molar-refractivity contribution in [1.82, 2.24) is 5.32 Å². The van der Waals surface area contributed by atoms with Gasteiger partial charge < -0.3 is 10.1 Å². The SMILES string of the molecule is CCNC(CC)c1ccc(OC)cc1C. The van der Waals surface area contributed by atoms with Gasteiger partial charge in [0.2, 0.25) is 0 Å². The molecule has 0 bridgehead atoms. The van der Waals surface area contributed by atoms with Crippen LogP contribution in [0.3, 0.4) is 0 Å². The molecule has 1 N–H and O–H groups in total. The highest BCUT2D eigenvalue weighted by atomic mass is 16.5. The molecule has 15 heavy (non-hydrogen) atoms. The van der Waals surface area contributed by atoms with E-state index in [-0.39, 0.29) is 0 Å². The Labute approximate surface area is 92.6 Å². The van der Waals surface area contributed by atoms with Crippen molar-refractivity contribution < 1.29 is 4.74 Å². The van der Waals surface area contributed by atoms with Crippen LogP contribution in [0.5, 0.6) is 5.75 Å². The van der Waals surface area contributed by atoms with Gasteiger partial charge in [-0.25, -0.2) is 0 Å². The lowest BCUT2D eigenvalue weighted by Gasteiger charge is -2.19. The molecule has 0 saturated heterocycles. The van der Waals surface area contributed by atoms with Gasteiger partial charge in [-0.3, -0.25) is 0 Å². The maximum atomic E-state index is 5.20. The molecule has 2 heteroatoms. The number of nitrogens with one attached hydrogen (secondary N) is 1. The van der Waals surface area contributed by atoms with Gasteiger partial charge in [0.05, 0.1) is 7.11 Å². The van der Waals surface area contributed by atoms with E-state index in [9.17, 15) is 0 Å². The normalized spacial score (nSPS) is 12.5. The number of hydrogen-bond acceptors (Lipinski definition) is 2. The third-order valence-corrected chi connectivity index (χ3v) is 2.71. The van der Waals surface area contributed by atoms with Gasteiger partial charge in [-0.2, -0.15) is 0 Å². The second-order valence-electron chi connectivity index (χ2n) is 3.74. The largest absolute Gasteiger partial charge is 0.497 e. The summed E-state index contributed by atoms with van der Waals surface area (Å²) < 4.78 is 5.20. The van der Waals surface area contributed by atoms with Crippen LogP contribution >= 0.6 is 0 Å². The third kappa shape index (κ3) is 2.96. The predicted molar refractivity (Wildman–Crippen MR) is 64.4 cm³/mol. The Balaban J connectivity index is 2.92. The zero-order valence-corrected chi connectivity index (χ0v) is 10.1. The van der Waals surface area contributed by atoms with Crippen LogP contribution < -0.4 is 10.1 Å². The van der Waals surface area contributed by atoms with E-state index in [1.807, 2.05) is 6.07 Å². The lowest BCUT2D eigenvalue weighted by molar-refractivity contribution is 0.413. The second-order valence-corrected chi connectivity index (χ2v) is 3.74. The molecule has 0 heterocycles. The molecule has 84 valence electrons. The first-order valence-corrected chi connectivity index (χ1v) is 5.60. The molecule has 0 aliphatic heterocycles. The van der Waals surface area contributed by atoms with E-state index < -0.39 is 0 Å². The Morgan fingerprint density at radius 1 is 1.33 bits per heavy atom. The molecule has 0 aliphatic carbocycles. The topological polar surface area (TPSA) is 21.3 Å². The van der Waals surface area contributed by atoms with Gasteiger partial charge in [-0.05, 0) is 43.1 Å². The molecule has 1 rings (SSSR count). The molecular formula is C13H21NO. The summed E-state index contributed by atoms with van der Waals surface area (Å²) in [5, 5.41) is 3.49. The van der Waals surface area contributed by atoms with Crippen molar-refractivity contribution in [2.45, 2.75) is 33.2 Å². The molecular weight excluding hydrogens is 186 g/mol. The Kier molecular flexibility index (Phi) is 4.63. The van der Waals surface area contributed by atoms with Crippen molar-refractivity contribution in [2.24, 2.45) is 0 Å². The number of ether oxygens (including phenoxy) is 1. The monoisotopic (exact) mass is 207 g/mol. The third-order valence-electron chi connectivity index (χ3n) is 2.71. The summed E-state index contributed by atoms with van der Waals surface area (Å²) in [5.74, 6) is 0.933. The molecule has 1 unspecified atom stereocenters. The Morgan fingerprint density at radius 3 is 2.53 bits per heavy atom. The molecule has 0 aromatic heterocycles. The Bertz CT molecular complexity index is 309. The van der Waals surface area contributed by atoms with Crippen LogP contribution in [0.4, 0.5) is 0 Å². The van der Waals surface area contributed by atoms with Crippen LogP contribution in [-0.4, -0.2) is 13.7 Å². The minimum Gasteiger partial charge on any atom is -0.497 e. The quantitative estimate of drug-likeness (QED) is 0.801. The van der Waals surface area contributed by atoms with Crippen molar-refractivity contribution in [2.75, 3.05) is 13.7 Å². The van der Waals surface area contributed by atoms with E-state index >= 15 is 0 Å². The molecule has 2 nitrogen and oxygen atoms in total. The summed E-state index contributed by atoms with van der Waals surface area (Å²) in [6, 6.07) is 6.74. The van der Waals surface area contributed by atoms with Crippen molar-refractivity contribution in [3.05, 3.63) is 29.3 Å². The summed E-state index contributed by atoms with van der Waals surface area (Å²) >= 11 is 0. The molecule has 1 atom stereocenters. The zero-order valence-electron chi connectivity index (χ0n) is 10.1. The van der Waals surface area contributed by atoms with E-state index in [0.717, 1.165) is 18.7 Å². The lowest BCUT2D eigenvalue weighted by Crippen LogP contribution is -2.20. The highest BCUT2D eigenvalue weighted by molar-refractivity contribution is 5.36. The van der Waals surface area contributed by atoms with E-state index in [0.29, 0.717) is 6.04 Å². The molecule has 0 radical (unpaired) electrons. The van der Waals surface area contributed by atoms with Gasteiger partial charge in [-0.15, -0.1) is 0 Å². The van der Waals surface area contributed by atoms with Gasteiger partial charge in [0, 0.05) is 6.04 Å². The number of methoxy groups -OCH3 is 1. The maximum Gasteiger partial charge on any atom is 0.119 e. The summed E-state index contributed by atoms with van der Waals surface area (Å²) in [5.41, 5.74) is 2.67. The van der Waals surface area contributed by atoms with E-state index in [1.165, 1.54) is 11.1 Å². The van der Waals surface area contributed by atoms with Crippen molar-refractivity contribution in [3.63, 3.8) is 0 Å². The zero-order chi connectivity index (χ0) is 11.3. The Morgan fingerprint density at radius 2 is 2.07 bits per heavy atom. The van der Waals surface area contributed by atoms with Crippen LogP contribution in [0, 0.1) is 6.92 Å². The van der Waals surface area contributed by atoms with E-state index in [2.05, 4.69) is 38.2 Å². The summed E-state index contributed by atoms with van der Waals surface area (Å²) in [7, 11) is 1.70. The van der Waals surface area contributed by atoms with Crippen LogP contribution in [0.2, 0.25) is 0 Å². The Hall–Kier alpha value is -1.02. The number of rotatable bonds is 5. The van der Waals surface area contributed by atoms with Gasteiger partial charge in [-0.1, -0.05) is 19.9 Å². The summed E-state index contributed by atoms with van der Waals surface area (Å²) in [6.07, 6.45) is 1.11. The number of hydrogen-bond donors (Lipinski definition) is 1. The van der Waals surface area contributed by atoms with Crippen LogP contribution in [0.15, 0.2) is 18.2 Å². The minimum atomic E-state index is 0.459. The lowest BCUT2D eigenvalue weighted by atomic mass is 9.99. The first-order valence-electron chi connectivity index (χ1n) is 5.60.